The number of nitrogens with one attached hydrogen (secondary N) is 1. The van der Waals surface area contributed by atoms with Crippen molar-refractivity contribution in [3.05, 3.63) is 36.2 Å². The minimum absolute atomic E-state index is 0.0225. The van der Waals surface area contributed by atoms with Gasteiger partial charge in [-0.1, -0.05) is 0 Å². The first-order chi connectivity index (χ1) is 11.9. The molecule has 0 unspecified atom stereocenters. The number of morpholine rings is 1. The molecule has 1 aliphatic rings. The Labute approximate surface area is 145 Å². The molecule has 3 heterocycles. The van der Waals surface area contributed by atoms with Gasteiger partial charge in [-0.3, -0.25) is 4.79 Å². The lowest BCUT2D eigenvalue weighted by molar-refractivity contribution is -0.121. The molecule has 1 N–H and O–H groups in total. The van der Waals surface area contributed by atoms with Crippen LogP contribution in [0.25, 0.3) is 0 Å². The highest BCUT2D eigenvalue weighted by molar-refractivity contribution is 7.89. The van der Waals surface area contributed by atoms with Crippen LogP contribution in [0.15, 0.2) is 34.1 Å². The number of carbonyl (C=O) groups is 1. The summed E-state index contributed by atoms with van der Waals surface area (Å²) in [6, 6.07) is 3.61. The van der Waals surface area contributed by atoms with E-state index in [1.54, 1.807) is 6.07 Å². The molecule has 0 radical (unpaired) electrons. The Balaban J connectivity index is 1.58. The van der Waals surface area contributed by atoms with Crippen LogP contribution in [0.5, 0.6) is 0 Å². The molecule has 0 spiro atoms. The van der Waals surface area contributed by atoms with Gasteiger partial charge in [0.05, 0.1) is 26.1 Å². The SMILES string of the molecule is Cc1ccc(CNC(=O)Cn2cnc(S(=O)(=O)N3CCOCC3)c2)o1. The molecule has 9 nitrogen and oxygen atoms in total. The van der Waals surface area contributed by atoms with E-state index in [0.29, 0.717) is 32.1 Å². The lowest BCUT2D eigenvalue weighted by Crippen LogP contribution is -2.40. The molecule has 0 saturated carbocycles. The number of amides is 1. The molecule has 1 fully saturated rings. The first kappa shape index (κ1) is 17.6. The molecule has 2 aromatic heterocycles. The summed E-state index contributed by atoms with van der Waals surface area (Å²) >= 11 is 0. The number of imidazole rings is 1. The molecule has 136 valence electrons. The Kier molecular flexibility index (Phi) is 5.21. The van der Waals surface area contributed by atoms with E-state index in [0.717, 1.165) is 5.76 Å². The smallest absolute Gasteiger partial charge is 0.262 e. The van der Waals surface area contributed by atoms with Gasteiger partial charge in [-0.15, -0.1) is 0 Å². The molecule has 0 aliphatic carbocycles. The number of aromatic nitrogens is 2. The third-order valence-corrected chi connectivity index (χ3v) is 5.55. The van der Waals surface area contributed by atoms with Crippen LogP contribution in [0, 0.1) is 6.92 Å². The van der Waals surface area contributed by atoms with Crippen LogP contribution in [0.3, 0.4) is 0 Å². The van der Waals surface area contributed by atoms with Crippen LogP contribution in [0.1, 0.15) is 11.5 Å². The second-order valence-electron chi connectivity index (χ2n) is 5.69. The molecule has 10 heteroatoms. The van der Waals surface area contributed by atoms with E-state index in [1.165, 1.54) is 21.4 Å². The van der Waals surface area contributed by atoms with Crippen molar-refractivity contribution in [3.63, 3.8) is 0 Å². The van der Waals surface area contributed by atoms with Crippen molar-refractivity contribution in [2.45, 2.75) is 25.0 Å². The second-order valence-corrected chi connectivity index (χ2v) is 7.57. The maximum absolute atomic E-state index is 12.5. The van der Waals surface area contributed by atoms with Gasteiger partial charge in [0.1, 0.15) is 18.1 Å². The molecule has 1 saturated heterocycles. The van der Waals surface area contributed by atoms with Crippen LogP contribution >= 0.6 is 0 Å². The van der Waals surface area contributed by atoms with Crippen molar-refractivity contribution < 1.29 is 22.4 Å². The first-order valence-corrected chi connectivity index (χ1v) is 9.31. The van der Waals surface area contributed by atoms with Gasteiger partial charge in [0, 0.05) is 19.3 Å². The monoisotopic (exact) mass is 368 g/mol. The van der Waals surface area contributed by atoms with E-state index in [1.807, 2.05) is 13.0 Å². The molecular weight excluding hydrogens is 348 g/mol. The van der Waals surface area contributed by atoms with E-state index in [-0.39, 0.29) is 24.0 Å². The fourth-order valence-corrected chi connectivity index (χ4v) is 3.81. The van der Waals surface area contributed by atoms with E-state index in [2.05, 4.69) is 10.3 Å². The molecule has 3 rings (SSSR count). The quantitative estimate of drug-likeness (QED) is 0.776. The minimum atomic E-state index is -3.65. The van der Waals surface area contributed by atoms with Crippen LogP contribution < -0.4 is 5.32 Å². The Bertz CT molecular complexity index is 836. The van der Waals surface area contributed by atoms with Crippen LogP contribution in [0.4, 0.5) is 0 Å². The molecule has 2 aromatic rings. The van der Waals surface area contributed by atoms with Gasteiger partial charge in [-0.25, -0.2) is 13.4 Å². The summed E-state index contributed by atoms with van der Waals surface area (Å²) in [5.41, 5.74) is 0. The molecule has 0 atom stereocenters. The predicted molar refractivity (Wildman–Crippen MR) is 87.1 cm³/mol. The Hall–Kier alpha value is -2.17. The van der Waals surface area contributed by atoms with Crippen LogP contribution in [-0.4, -0.2) is 54.5 Å². The number of nitrogens with zero attached hydrogens (tertiary/aromatic N) is 3. The van der Waals surface area contributed by atoms with E-state index < -0.39 is 10.0 Å². The number of aryl methyl sites for hydroxylation is 1. The number of hydrogen-bond acceptors (Lipinski definition) is 6. The molecule has 0 bridgehead atoms. The third kappa shape index (κ3) is 4.27. The van der Waals surface area contributed by atoms with E-state index in [9.17, 15) is 13.2 Å². The number of hydrogen-bond donors (Lipinski definition) is 1. The van der Waals surface area contributed by atoms with Gasteiger partial charge in [-0.05, 0) is 19.1 Å². The summed E-state index contributed by atoms with van der Waals surface area (Å²) in [5.74, 6) is 1.17. The van der Waals surface area contributed by atoms with Crippen molar-refractivity contribution in [3.8, 4) is 0 Å². The highest BCUT2D eigenvalue weighted by Crippen LogP contribution is 2.14. The number of rotatable bonds is 6. The predicted octanol–water partition coefficient (Wildman–Crippen LogP) is 0.122. The zero-order chi connectivity index (χ0) is 17.9. The van der Waals surface area contributed by atoms with Gasteiger partial charge in [0.25, 0.3) is 10.0 Å². The Morgan fingerprint density at radius 2 is 2.08 bits per heavy atom. The largest absolute Gasteiger partial charge is 0.465 e. The third-order valence-electron chi connectivity index (χ3n) is 3.77. The highest BCUT2D eigenvalue weighted by atomic mass is 32.2. The van der Waals surface area contributed by atoms with Gasteiger partial charge in [-0.2, -0.15) is 4.31 Å². The fraction of sp³-hybridized carbons (Fsp3) is 0.467. The minimum Gasteiger partial charge on any atom is -0.465 e. The van der Waals surface area contributed by atoms with Gasteiger partial charge >= 0.3 is 0 Å². The molecular formula is C15H20N4O5S. The average molecular weight is 368 g/mol. The zero-order valence-electron chi connectivity index (χ0n) is 13.8. The standard InChI is InChI=1S/C15H20N4O5S/c1-12-2-3-13(24-12)8-16-14(20)9-18-10-15(17-11-18)25(21,22)19-4-6-23-7-5-19/h2-3,10-11H,4-9H2,1H3,(H,16,20). The summed E-state index contributed by atoms with van der Waals surface area (Å²) in [5, 5.41) is 2.65. The van der Waals surface area contributed by atoms with E-state index in [4.69, 9.17) is 9.15 Å². The normalized spacial score (nSPS) is 16.0. The maximum atomic E-state index is 12.5. The molecule has 0 aromatic carbocycles. The molecule has 1 aliphatic heterocycles. The molecule has 1 amide bonds. The van der Waals surface area contributed by atoms with Crippen molar-refractivity contribution in [1.82, 2.24) is 19.2 Å². The summed E-state index contributed by atoms with van der Waals surface area (Å²) < 4.78 is 38.3. The Morgan fingerprint density at radius 1 is 1.32 bits per heavy atom. The van der Waals surface area contributed by atoms with Crippen LogP contribution in [0.2, 0.25) is 0 Å². The van der Waals surface area contributed by atoms with Crippen molar-refractivity contribution in [1.29, 1.82) is 0 Å². The van der Waals surface area contributed by atoms with Gasteiger partial charge in [0.2, 0.25) is 5.91 Å². The van der Waals surface area contributed by atoms with Crippen molar-refractivity contribution in [2.75, 3.05) is 26.3 Å². The Morgan fingerprint density at radius 3 is 2.76 bits per heavy atom. The zero-order valence-corrected chi connectivity index (χ0v) is 14.7. The number of furan rings is 1. The highest BCUT2D eigenvalue weighted by Gasteiger charge is 2.28. The summed E-state index contributed by atoms with van der Waals surface area (Å²) in [6.45, 7) is 3.43. The maximum Gasteiger partial charge on any atom is 0.262 e. The van der Waals surface area contributed by atoms with Gasteiger partial charge in [0.15, 0.2) is 5.03 Å². The average Bonchev–Trinajstić information content (AvgIpc) is 3.23. The summed E-state index contributed by atoms with van der Waals surface area (Å²) in [7, 11) is -3.65. The topological polar surface area (TPSA) is 107 Å². The lowest BCUT2D eigenvalue weighted by atomic mass is 10.4. The number of ether oxygens (including phenoxy) is 1. The number of carbonyl (C=O) groups excluding carboxylic acids is 1. The van der Waals surface area contributed by atoms with Crippen molar-refractivity contribution in [2.24, 2.45) is 0 Å². The van der Waals surface area contributed by atoms with Crippen LogP contribution in [-0.2, 0) is 32.6 Å². The van der Waals surface area contributed by atoms with Gasteiger partial charge < -0.3 is 19.0 Å². The summed E-state index contributed by atoms with van der Waals surface area (Å²) in [6.07, 6.45) is 2.70. The lowest BCUT2D eigenvalue weighted by Gasteiger charge is -2.24. The van der Waals surface area contributed by atoms with Crippen molar-refractivity contribution >= 4 is 15.9 Å². The fourth-order valence-electron chi connectivity index (χ4n) is 2.47. The first-order valence-electron chi connectivity index (χ1n) is 7.87. The van der Waals surface area contributed by atoms with E-state index >= 15 is 0 Å². The summed E-state index contributed by atoms with van der Waals surface area (Å²) in [4.78, 5) is 15.9. The second kappa shape index (κ2) is 7.38. The number of sulfonamides is 1. The molecule has 25 heavy (non-hydrogen) atoms.